The summed E-state index contributed by atoms with van der Waals surface area (Å²) in [7, 11) is 0. The molecule has 53 heavy (non-hydrogen) atoms. The molecule has 1 heterocycles. The number of nitro benzene ring substituents is 1. The average Bonchev–Trinajstić information content (AvgIpc) is 3.45. The summed E-state index contributed by atoms with van der Waals surface area (Å²) in [6.07, 6.45) is 2.68. The molecule has 0 aliphatic rings. The number of unbranched alkanes of at least 4 members (excludes halogenated alkanes) is 1. The third-order valence-electron chi connectivity index (χ3n) is 7.32. The lowest BCUT2D eigenvalue weighted by Crippen LogP contribution is -2.48. The summed E-state index contributed by atoms with van der Waals surface area (Å²) < 4.78 is 12.3. The average molecular weight is 746 g/mol. The lowest BCUT2D eigenvalue weighted by molar-refractivity contribution is -0.384. The van der Waals surface area contributed by atoms with Crippen LogP contribution in [0.5, 0.6) is 0 Å². The van der Waals surface area contributed by atoms with Gasteiger partial charge in [-0.1, -0.05) is 0 Å². The third kappa shape index (κ3) is 16.1. The van der Waals surface area contributed by atoms with Crippen LogP contribution in [0.25, 0.3) is 5.69 Å². The summed E-state index contributed by atoms with van der Waals surface area (Å²) in [6, 6.07) is 4.78. The number of aromatic nitrogens is 2. The SMILES string of the molecule is CC(C)(C)NC(=O)N[C@@H](CCCCNC(=O)OC(C)(C)C)c1nc(C(C)(C)C(=O)NNCCCNC(=O)OC(C)(C)C)cn1-c1ccc([N+](=O)[O-])cc1. The Kier molecular flexibility index (Phi) is 15.6. The van der Waals surface area contributed by atoms with Crippen molar-refractivity contribution in [3.8, 4) is 5.69 Å². The summed E-state index contributed by atoms with van der Waals surface area (Å²) in [5.74, 6) is 0.0146. The Morgan fingerprint density at radius 3 is 1.87 bits per heavy atom. The summed E-state index contributed by atoms with van der Waals surface area (Å²) >= 11 is 0. The van der Waals surface area contributed by atoms with Crippen molar-refractivity contribution in [2.75, 3.05) is 19.6 Å². The van der Waals surface area contributed by atoms with Gasteiger partial charge in [-0.15, -0.1) is 0 Å². The number of carbonyl (C=O) groups is 4. The van der Waals surface area contributed by atoms with Crippen LogP contribution in [0.4, 0.5) is 20.1 Å². The summed E-state index contributed by atoms with van der Waals surface area (Å²) in [4.78, 5) is 66.6. The van der Waals surface area contributed by atoms with Crippen LogP contribution >= 0.6 is 0 Å². The second-order valence-corrected chi connectivity index (χ2v) is 16.2. The molecule has 296 valence electrons. The number of ether oxygens (including phenoxy) is 2. The monoisotopic (exact) mass is 745 g/mol. The van der Waals surface area contributed by atoms with Gasteiger partial charge in [0, 0.05) is 49.2 Å². The topological polar surface area (TPSA) is 220 Å². The highest BCUT2D eigenvalue weighted by atomic mass is 16.6. The van der Waals surface area contributed by atoms with E-state index in [4.69, 9.17) is 14.5 Å². The van der Waals surface area contributed by atoms with Gasteiger partial charge in [0.1, 0.15) is 17.0 Å². The van der Waals surface area contributed by atoms with E-state index < -0.39 is 51.3 Å². The molecule has 1 aromatic heterocycles. The summed E-state index contributed by atoms with van der Waals surface area (Å²) in [6.45, 7) is 20.7. The maximum atomic E-state index is 13.5. The molecule has 17 heteroatoms. The highest BCUT2D eigenvalue weighted by molar-refractivity contribution is 5.86. The van der Waals surface area contributed by atoms with Gasteiger partial charge in [0.15, 0.2) is 0 Å². The highest BCUT2D eigenvalue weighted by Gasteiger charge is 2.35. The number of amides is 5. The molecule has 2 aromatic rings. The van der Waals surface area contributed by atoms with E-state index in [0.717, 1.165) is 0 Å². The second kappa shape index (κ2) is 18.7. The molecule has 5 amide bonds. The Bertz CT molecular complexity index is 1550. The van der Waals surface area contributed by atoms with Crippen LogP contribution in [-0.4, -0.2) is 75.0 Å². The van der Waals surface area contributed by atoms with Crippen molar-refractivity contribution >= 4 is 29.8 Å². The van der Waals surface area contributed by atoms with Gasteiger partial charge in [-0.2, -0.15) is 0 Å². The van der Waals surface area contributed by atoms with E-state index in [1.54, 1.807) is 78.3 Å². The van der Waals surface area contributed by atoms with Gasteiger partial charge >= 0.3 is 18.2 Å². The Morgan fingerprint density at radius 1 is 0.811 bits per heavy atom. The van der Waals surface area contributed by atoms with E-state index in [-0.39, 0.29) is 11.6 Å². The molecule has 1 atom stereocenters. The fourth-order valence-electron chi connectivity index (χ4n) is 4.76. The highest BCUT2D eigenvalue weighted by Crippen LogP contribution is 2.30. The van der Waals surface area contributed by atoms with Crippen molar-refractivity contribution in [3.63, 3.8) is 0 Å². The maximum absolute atomic E-state index is 13.5. The number of nitrogens with one attached hydrogen (secondary N) is 6. The Balaban J connectivity index is 2.33. The molecule has 0 saturated heterocycles. The molecule has 0 aliphatic heterocycles. The number of non-ortho nitro benzene ring substituents is 1. The van der Waals surface area contributed by atoms with Crippen LogP contribution in [0.3, 0.4) is 0 Å². The first kappa shape index (κ1) is 44.2. The number of hydrogen-bond acceptors (Lipinski definition) is 10. The number of urea groups is 1. The lowest BCUT2D eigenvalue weighted by atomic mass is 9.89. The first-order chi connectivity index (χ1) is 24.4. The number of nitro groups is 1. The van der Waals surface area contributed by atoms with E-state index in [1.807, 2.05) is 20.8 Å². The minimum absolute atomic E-state index is 0.0977. The van der Waals surface area contributed by atoms with Crippen LogP contribution in [-0.2, 0) is 19.7 Å². The first-order valence-corrected chi connectivity index (χ1v) is 17.8. The molecule has 0 fully saturated rings. The number of hydrazine groups is 1. The van der Waals surface area contributed by atoms with Gasteiger partial charge < -0.3 is 35.3 Å². The molecule has 0 saturated carbocycles. The Morgan fingerprint density at radius 2 is 1.36 bits per heavy atom. The second-order valence-electron chi connectivity index (χ2n) is 16.2. The zero-order valence-corrected chi connectivity index (χ0v) is 33.0. The van der Waals surface area contributed by atoms with E-state index in [1.165, 1.54) is 12.1 Å². The molecule has 0 aliphatic carbocycles. The number of hydrogen-bond donors (Lipinski definition) is 6. The number of rotatable bonds is 16. The van der Waals surface area contributed by atoms with Crippen molar-refractivity contribution < 1.29 is 33.6 Å². The van der Waals surface area contributed by atoms with Gasteiger partial charge in [0.2, 0.25) is 5.91 Å². The van der Waals surface area contributed by atoms with E-state index in [9.17, 15) is 29.3 Å². The van der Waals surface area contributed by atoms with E-state index in [0.29, 0.717) is 62.5 Å². The minimum atomic E-state index is -1.18. The Hall–Kier alpha value is -4.93. The molecular weight excluding hydrogens is 686 g/mol. The van der Waals surface area contributed by atoms with Crippen molar-refractivity contribution in [2.45, 2.75) is 130 Å². The lowest BCUT2D eigenvalue weighted by Gasteiger charge is -2.25. The number of alkyl carbamates (subject to hydrolysis) is 2. The summed E-state index contributed by atoms with van der Waals surface area (Å²) in [5, 5.41) is 22.7. The summed E-state index contributed by atoms with van der Waals surface area (Å²) in [5.41, 5.74) is 3.46. The molecule has 0 bridgehead atoms. The van der Waals surface area contributed by atoms with Gasteiger partial charge in [-0.3, -0.25) is 20.3 Å². The predicted molar refractivity (Wildman–Crippen MR) is 200 cm³/mol. The van der Waals surface area contributed by atoms with Crippen molar-refractivity contribution in [1.82, 2.24) is 41.7 Å². The minimum Gasteiger partial charge on any atom is -0.444 e. The predicted octanol–water partition coefficient (Wildman–Crippen LogP) is 5.43. The fraction of sp³-hybridized carbons (Fsp3) is 0.639. The molecule has 0 unspecified atom stereocenters. The first-order valence-electron chi connectivity index (χ1n) is 17.8. The quantitative estimate of drug-likeness (QED) is 0.0727. The molecule has 0 spiro atoms. The zero-order chi connectivity index (χ0) is 40.2. The molecule has 6 N–H and O–H groups in total. The number of imidazole rings is 1. The molecule has 0 radical (unpaired) electrons. The largest absolute Gasteiger partial charge is 0.444 e. The molecule has 1 aromatic carbocycles. The van der Waals surface area contributed by atoms with Crippen molar-refractivity contribution in [3.05, 3.63) is 52.1 Å². The number of carbonyl (C=O) groups excluding carboxylic acids is 4. The fourth-order valence-corrected chi connectivity index (χ4v) is 4.76. The maximum Gasteiger partial charge on any atom is 0.407 e. The van der Waals surface area contributed by atoms with Crippen LogP contribution in [0, 0.1) is 10.1 Å². The van der Waals surface area contributed by atoms with E-state index in [2.05, 4.69) is 32.1 Å². The zero-order valence-electron chi connectivity index (χ0n) is 33.0. The van der Waals surface area contributed by atoms with Gasteiger partial charge in [-0.25, -0.2) is 24.8 Å². The van der Waals surface area contributed by atoms with Gasteiger partial charge in [0.05, 0.1) is 22.1 Å². The number of benzene rings is 1. The van der Waals surface area contributed by atoms with Gasteiger partial charge in [-0.05, 0) is 114 Å². The third-order valence-corrected chi connectivity index (χ3v) is 7.32. The number of nitrogens with zero attached hydrogens (tertiary/aromatic N) is 3. The molecular formula is C36H59N9O8. The van der Waals surface area contributed by atoms with Crippen molar-refractivity contribution in [1.29, 1.82) is 0 Å². The molecule has 2 rings (SSSR count). The van der Waals surface area contributed by atoms with Crippen molar-refractivity contribution in [2.24, 2.45) is 0 Å². The molecule has 17 nitrogen and oxygen atoms in total. The van der Waals surface area contributed by atoms with Gasteiger partial charge in [0.25, 0.3) is 5.69 Å². The van der Waals surface area contributed by atoms with Crippen LogP contribution in [0.1, 0.15) is 119 Å². The van der Waals surface area contributed by atoms with Crippen LogP contribution in [0.2, 0.25) is 0 Å². The normalized spacial score (nSPS) is 12.7. The Labute approximate surface area is 312 Å². The standard InChI is InChI=1S/C36H59N9O8/c1-33(2,3)42-30(47)40-26(15-12-13-20-37-31(48)52-34(4,5)6)28-41-27(23-44(28)24-16-18-25(19-17-24)45(50)51)36(10,11)29(46)43-39-22-14-21-38-32(49)53-35(7,8)9/h16-19,23,26,39H,12-15,20-22H2,1-11H3,(H,37,48)(H,38,49)(H,43,46)(H2,40,42,47)/t26-/m0/s1. The van der Waals surface area contributed by atoms with Crippen LogP contribution < -0.4 is 32.1 Å². The smallest absolute Gasteiger partial charge is 0.407 e. The van der Waals surface area contributed by atoms with E-state index >= 15 is 0 Å². The van der Waals surface area contributed by atoms with Crippen LogP contribution in [0.15, 0.2) is 30.5 Å².